The van der Waals surface area contributed by atoms with Gasteiger partial charge in [-0.3, -0.25) is 4.90 Å². The second-order valence-electron chi connectivity index (χ2n) is 6.66. The molecule has 2 saturated heterocycles. The summed E-state index contributed by atoms with van der Waals surface area (Å²) in [4.78, 5) is 9.43. The predicted octanol–water partition coefficient (Wildman–Crippen LogP) is 1.62. The van der Waals surface area contributed by atoms with Crippen molar-refractivity contribution in [3.8, 4) is 17.1 Å². The third kappa shape index (κ3) is 3.62. The predicted molar refractivity (Wildman–Crippen MR) is 96.0 cm³/mol. The molecule has 0 radical (unpaired) electrons. The van der Waals surface area contributed by atoms with E-state index in [-0.39, 0.29) is 0 Å². The molecule has 1 N–H and O–H groups in total. The van der Waals surface area contributed by atoms with Gasteiger partial charge in [0.2, 0.25) is 5.82 Å². The number of anilines is 1. The van der Waals surface area contributed by atoms with Gasteiger partial charge in [0.05, 0.1) is 7.11 Å². The zero-order chi connectivity index (χ0) is 17.1. The standard InChI is InChI=1S/C18H25N5O2/c1-24-16-6-4-14(5-7-16)17-20-18(25-21-17)23-10-2-3-15(13-23)22-11-8-19-9-12-22/h4-7,15,19H,2-3,8-13H2,1H3. The third-order valence-electron chi connectivity index (χ3n) is 5.10. The maximum Gasteiger partial charge on any atom is 0.324 e. The van der Waals surface area contributed by atoms with Crippen LogP contribution in [0.15, 0.2) is 28.8 Å². The van der Waals surface area contributed by atoms with E-state index in [1.807, 2.05) is 24.3 Å². The lowest BCUT2D eigenvalue weighted by Gasteiger charge is -2.40. The van der Waals surface area contributed by atoms with Crippen LogP contribution in [-0.4, -0.2) is 67.5 Å². The van der Waals surface area contributed by atoms with E-state index in [0.717, 1.165) is 57.0 Å². The number of rotatable bonds is 4. The Labute approximate surface area is 147 Å². The second kappa shape index (κ2) is 7.41. The number of hydrogen-bond donors (Lipinski definition) is 1. The molecule has 1 aromatic carbocycles. The van der Waals surface area contributed by atoms with E-state index in [4.69, 9.17) is 9.26 Å². The Morgan fingerprint density at radius 2 is 1.96 bits per heavy atom. The van der Waals surface area contributed by atoms with Crippen molar-refractivity contribution in [1.82, 2.24) is 20.4 Å². The van der Waals surface area contributed by atoms with Crippen molar-refractivity contribution in [2.24, 2.45) is 0 Å². The number of piperidine rings is 1. The maximum absolute atomic E-state index is 5.55. The van der Waals surface area contributed by atoms with Crippen LogP contribution in [0.25, 0.3) is 11.4 Å². The highest BCUT2D eigenvalue weighted by Crippen LogP contribution is 2.25. The number of benzene rings is 1. The summed E-state index contributed by atoms with van der Waals surface area (Å²) in [7, 11) is 1.66. The van der Waals surface area contributed by atoms with Crippen LogP contribution < -0.4 is 15.0 Å². The van der Waals surface area contributed by atoms with E-state index in [9.17, 15) is 0 Å². The van der Waals surface area contributed by atoms with Gasteiger partial charge in [-0.2, -0.15) is 4.98 Å². The second-order valence-corrected chi connectivity index (χ2v) is 6.66. The summed E-state index contributed by atoms with van der Waals surface area (Å²) < 4.78 is 10.7. The molecule has 0 spiro atoms. The number of nitrogens with zero attached hydrogens (tertiary/aromatic N) is 4. The van der Waals surface area contributed by atoms with Crippen molar-refractivity contribution in [3.63, 3.8) is 0 Å². The van der Waals surface area contributed by atoms with Crippen LogP contribution in [0.3, 0.4) is 0 Å². The summed E-state index contributed by atoms with van der Waals surface area (Å²) in [5.41, 5.74) is 0.937. The van der Waals surface area contributed by atoms with E-state index in [0.29, 0.717) is 17.9 Å². The fourth-order valence-electron chi connectivity index (χ4n) is 3.68. The Kier molecular flexibility index (Phi) is 4.85. The van der Waals surface area contributed by atoms with Crippen LogP contribution in [0.5, 0.6) is 5.75 Å². The summed E-state index contributed by atoms with van der Waals surface area (Å²) in [6.07, 6.45) is 2.41. The van der Waals surface area contributed by atoms with Gasteiger partial charge in [0.25, 0.3) is 0 Å². The van der Waals surface area contributed by atoms with Gasteiger partial charge in [-0.15, -0.1) is 0 Å². The molecule has 7 nitrogen and oxygen atoms in total. The molecular formula is C18H25N5O2. The number of piperazine rings is 1. The SMILES string of the molecule is COc1ccc(-c2noc(N3CCCC(N4CCNCC4)C3)n2)cc1. The first-order valence-electron chi connectivity index (χ1n) is 9.01. The fourth-order valence-corrected chi connectivity index (χ4v) is 3.68. The molecule has 0 saturated carbocycles. The topological polar surface area (TPSA) is 66.7 Å². The number of methoxy groups -OCH3 is 1. The number of nitrogens with one attached hydrogen (secondary N) is 1. The molecule has 2 aliphatic rings. The molecule has 2 fully saturated rings. The van der Waals surface area contributed by atoms with Crippen LogP contribution in [0.2, 0.25) is 0 Å². The minimum absolute atomic E-state index is 0.576. The van der Waals surface area contributed by atoms with Gasteiger partial charge in [0, 0.05) is 50.9 Å². The minimum atomic E-state index is 0.576. The summed E-state index contributed by atoms with van der Waals surface area (Å²) in [6, 6.07) is 8.93. The minimum Gasteiger partial charge on any atom is -0.497 e. The monoisotopic (exact) mass is 343 g/mol. The Bertz CT molecular complexity index is 681. The Hall–Kier alpha value is -2.12. The lowest BCUT2D eigenvalue weighted by atomic mass is 10.0. The van der Waals surface area contributed by atoms with Crippen molar-refractivity contribution in [1.29, 1.82) is 0 Å². The summed E-state index contributed by atoms with van der Waals surface area (Å²) >= 11 is 0. The van der Waals surface area contributed by atoms with Crippen molar-refractivity contribution in [3.05, 3.63) is 24.3 Å². The first-order chi connectivity index (χ1) is 12.3. The molecule has 0 aliphatic carbocycles. The first kappa shape index (κ1) is 16.4. The molecule has 2 aromatic rings. The zero-order valence-corrected chi connectivity index (χ0v) is 14.6. The van der Waals surface area contributed by atoms with Gasteiger partial charge >= 0.3 is 6.01 Å². The molecule has 0 bridgehead atoms. The van der Waals surface area contributed by atoms with Crippen LogP contribution in [0, 0.1) is 0 Å². The molecular weight excluding hydrogens is 318 g/mol. The maximum atomic E-state index is 5.55. The molecule has 1 atom stereocenters. The normalized spacial score (nSPS) is 22.1. The fraction of sp³-hybridized carbons (Fsp3) is 0.556. The van der Waals surface area contributed by atoms with E-state index >= 15 is 0 Å². The van der Waals surface area contributed by atoms with Crippen molar-refractivity contribution >= 4 is 6.01 Å². The number of hydrogen-bond acceptors (Lipinski definition) is 7. The molecule has 0 amide bonds. The molecule has 134 valence electrons. The number of aromatic nitrogens is 2. The Morgan fingerprint density at radius 3 is 2.72 bits per heavy atom. The van der Waals surface area contributed by atoms with Crippen molar-refractivity contribution in [2.45, 2.75) is 18.9 Å². The summed E-state index contributed by atoms with van der Waals surface area (Å²) in [5.74, 6) is 1.45. The van der Waals surface area contributed by atoms with Crippen LogP contribution >= 0.6 is 0 Å². The largest absolute Gasteiger partial charge is 0.497 e. The van der Waals surface area contributed by atoms with E-state index in [1.54, 1.807) is 7.11 Å². The van der Waals surface area contributed by atoms with Gasteiger partial charge in [-0.25, -0.2) is 0 Å². The third-order valence-corrected chi connectivity index (χ3v) is 5.10. The average molecular weight is 343 g/mol. The van der Waals surface area contributed by atoms with E-state index in [1.165, 1.54) is 6.42 Å². The van der Waals surface area contributed by atoms with E-state index in [2.05, 4.69) is 25.3 Å². The summed E-state index contributed by atoms with van der Waals surface area (Å²) in [5, 5.41) is 7.58. The van der Waals surface area contributed by atoms with Crippen molar-refractivity contribution < 1.29 is 9.26 Å². The average Bonchev–Trinajstić information content (AvgIpc) is 3.19. The quantitative estimate of drug-likeness (QED) is 0.905. The lowest BCUT2D eigenvalue weighted by molar-refractivity contribution is 0.154. The van der Waals surface area contributed by atoms with Gasteiger partial charge < -0.3 is 19.5 Å². The van der Waals surface area contributed by atoms with Gasteiger partial charge in [-0.05, 0) is 37.1 Å². The van der Waals surface area contributed by atoms with Crippen LogP contribution in [-0.2, 0) is 0 Å². The van der Waals surface area contributed by atoms with Gasteiger partial charge in [0.1, 0.15) is 5.75 Å². The lowest BCUT2D eigenvalue weighted by Crippen LogP contribution is -2.54. The molecule has 1 unspecified atom stereocenters. The zero-order valence-electron chi connectivity index (χ0n) is 14.6. The molecule has 3 heterocycles. The molecule has 1 aromatic heterocycles. The first-order valence-corrected chi connectivity index (χ1v) is 9.01. The Balaban J connectivity index is 1.45. The van der Waals surface area contributed by atoms with Crippen molar-refractivity contribution in [2.75, 3.05) is 51.3 Å². The molecule has 7 heteroatoms. The molecule has 4 rings (SSSR count). The number of ether oxygens (including phenoxy) is 1. The smallest absolute Gasteiger partial charge is 0.324 e. The van der Waals surface area contributed by atoms with E-state index < -0.39 is 0 Å². The summed E-state index contributed by atoms with van der Waals surface area (Å²) in [6.45, 7) is 6.35. The van der Waals surface area contributed by atoms with Crippen LogP contribution in [0.4, 0.5) is 6.01 Å². The molecule has 2 aliphatic heterocycles. The molecule has 25 heavy (non-hydrogen) atoms. The van der Waals surface area contributed by atoms with Gasteiger partial charge in [0.15, 0.2) is 0 Å². The highest BCUT2D eigenvalue weighted by Gasteiger charge is 2.28. The highest BCUT2D eigenvalue weighted by molar-refractivity contribution is 5.57. The van der Waals surface area contributed by atoms with Gasteiger partial charge in [-0.1, -0.05) is 5.16 Å². The highest BCUT2D eigenvalue weighted by atomic mass is 16.5. The van der Waals surface area contributed by atoms with Crippen LogP contribution in [0.1, 0.15) is 12.8 Å². The Morgan fingerprint density at radius 1 is 1.16 bits per heavy atom.